The fourth-order valence-electron chi connectivity index (χ4n) is 2.78. The standard InChI is InChI=1S/C16H18N2O3S/c1-9-5-6-10-12(8-9)22-16(13(10)15(20)17-2)18-14(19)11-4-3-7-21-11/h3-4,7,9H,5-6,8H2,1-2H3,(H,17,20)(H,18,19). The molecule has 1 aliphatic rings. The van der Waals surface area contributed by atoms with Crippen LogP contribution in [0.15, 0.2) is 22.8 Å². The van der Waals surface area contributed by atoms with E-state index in [2.05, 4.69) is 17.6 Å². The van der Waals surface area contributed by atoms with E-state index in [4.69, 9.17) is 4.42 Å². The first-order valence-electron chi connectivity index (χ1n) is 7.31. The van der Waals surface area contributed by atoms with E-state index >= 15 is 0 Å². The van der Waals surface area contributed by atoms with Gasteiger partial charge in [-0.2, -0.15) is 0 Å². The van der Waals surface area contributed by atoms with Crippen LogP contribution >= 0.6 is 11.3 Å². The monoisotopic (exact) mass is 318 g/mol. The molecule has 0 radical (unpaired) electrons. The Morgan fingerprint density at radius 2 is 2.18 bits per heavy atom. The number of nitrogens with one attached hydrogen (secondary N) is 2. The number of thiophene rings is 1. The largest absolute Gasteiger partial charge is 0.459 e. The van der Waals surface area contributed by atoms with Crippen LogP contribution in [-0.4, -0.2) is 18.9 Å². The van der Waals surface area contributed by atoms with Crippen molar-refractivity contribution in [3.8, 4) is 0 Å². The van der Waals surface area contributed by atoms with Crippen LogP contribution in [0.4, 0.5) is 5.00 Å². The molecule has 6 heteroatoms. The molecule has 1 aliphatic carbocycles. The second-order valence-corrected chi connectivity index (χ2v) is 6.67. The van der Waals surface area contributed by atoms with Crippen LogP contribution < -0.4 is 10.6 Å². The molecule has 1 atom stereocenters. The highest BCUT2D eigenvalue weighted by Gasteiger charge is 2.28. The number of fused-ring (bicyclic) bond motifs is 1. The SMILES string of the molecule is CNC(=O)c1c(NC(=O)c2ccco2)sc2c1CCC(C)C2. The molecule has 2 amide bonds. The first-order chi connectivity index (χ1) is 10.6. The molecule has 0 saturated carbocycles. The van der Waals surface area contributed by atoms with Gasteiger partial charge in [0, 0.05) is 11.9 Å². The number of rotatable bonds is 3. The first-order valence-corrected chi connectivity index (χ1v) is 8.13. The normalized spacial score (nSPS) is 16.9. The van der Waals surface area contributed by atoms with Crippen LogP contribution in [0.1, 0.15) is 44.7 Å². The van der Waals surface area contributed by atoms with Gasteiger partial charge in [0.15, 0.2) is 5.76 Å². The smallest absolute Gasteiger partial charge is 0.291 e. The van der Waals surface area contributed by atoms with E-state index in [-0.39, 0.29) is 17.6 Å². The summed E-state index contributed by atoms with van der Waals surface area (Å²) in [5.74, 6) is 0.364. The molecule has 0 aliphatic heterocycles. The molecule has 2 N–H and O–H groups in total. The van der Waals surface area contributed by atoms with Crippen LogP contribution in [0.25, 0.3) is 0 Å². The summed E-state index contributed by atoms with van der Waals surface area (Å²) < 4.78 is 5.11. The highest BCUT2D eigenvalue weighted by molar-refractivity contribution is 7.17. The Kier molecular flexibility index (Phi) is 4.02. The molecule has 2 aromatic rings. The summed E-state index contributed by atoms with van der Waals surface area (Å²) >= 11 is 1.50. The van der Waals surface area contributed by atoms with Gasteiger partial charge in [0.25, 0.3) is 11.8 Å². The van der Waals surface area contributed by atoms with Gasteiger partial charge < -0.3 is 15.1 Å². The lowest BCUT2D eigenvalue weighted by Gasteiger charge is -2.18. The van der Waals surface area contributed by atoms with Crippen molar-refractivity contribution < 1.29 is 14.0 Å². The summed E-state index contributed by atoms with van der Waals surface area (Å²) in [6.45, 7) is 2.21. The third-order valence-corrected chi connectivity index (χ3v) is 5.11. The average molecular weight is 318 g/mol. The second kappa shape index (κ2) is 5.96. The van der Waals surface area contributed by atoms with Gasteiger partial charge in [-0.1, -0.05) is 6.92 Å². The van der Waals surface area contributed by atoms with Gasteiger partial charge in [-0.15, -0.1) is 11.3 Å². The van der Waals surface area contributed by atoms with Crippen molar-refractivity contribution in [3.05, 3.63) is 40.2 Å². The minimum atomic E-state index is -0.332. The predicted molar refractivity (Wildman–Crippen MR) is 85.6 cm³/mol. The number of anilines is 1. The van der Waals surface area contributed by atoms with Gasteiger partial charge in [0.05, 0.1) is 11.8 Å². The lowest BCUT2D eigenvalue weighted by atomic mass is 9.88. The van der Waals surface area contributed by atoms with Crippen molar-refractivity contribution in [1.82, 2.24) is 5.32 Å². The zero-order valence-electron chi connectivity index (χ0n) is 12.6. The number of hydrogen-bond donors (Lipinski definition) is 2. The maximum Gasteiger partial charge on any atom is 0.291 e. The fourth-order valence-corrected chi connectivity index (χ4v) is 4.18. The molecule has 5 nitrogen and oxygen atoms in total. The molecule has 116 valence electrons. The molecule has 0 fully saturated rings. The lowest BCUT2D eigenvalue weighted by molar-refractivity contribution is 0.0963. The average Bonchev–Trinajstić information content (AvgIpc) is 3.13. The van der Waals surface area contributed by atoms with E-state index < -0.39 is 0 Å². The number of hydrogen-bond acceptors (Lipinski definition) is 4. The van der Waals surface area contributed by atoms with E-state index in [0.29, 0.717) is 16.5 Å². The molecule has 22 heavy (non-hydrogen) atoms. The third-order valence-electron chi connectivity index (χ3n) is 3.94. The van der Waals surface area contributed by atoms with Crippen LogP contribution in [0, 0.1) is 5.92 Å². The molecule has 0 saturated heterocycles. The van der Waals surface area contributed by atoms with Gasteiger partial charge >= 0.3 is 0 Å². The maximum absolute atomic E-state index is 12.2. The summed E-state index contributed by atoms with van der Waals surface area (Å²) in [5, 5.41) is 6.11. The van der Waals surface area contributed by atoms with E-state index in [1.165, 1.54) is 22.5 Å². The molecule has 2 heterocycles. The quantitative estimate of drug-likeness (QED) is 0.913. The zero-order valence-corrected chi connectivity index (χ0v) is 13.4. The summed E-state index contributed by atoms with van der Waals surface area (Å²) in [6.07, 6.45) is 4.36. The number of carbonyl (C=O) groups is 2. The molecule has 0 aromatic carbocycles. The van der Waals surface area contributed by atoms with Gasteiger partial charge in [0.2, 0.25) is 0 Å². The molecular formula is C16H18N2O3S. The van der Waals surface area contributed by atoms with Crippen LogP contribution in [0.2, 0.25) is 0 Å². The summed E-state index contributed by atoms with van der Waals surface area (Å²) in [6, 6.07) is 3.26. The molecular weight excluding hydrogens is 300 g/mol. The molecule has 0 spiro atoms. The van der Waals surface area contributed by atoms with Gasteiger partial charge in [-0.05, 0) is 42.9 Å². The fraction of sp³-hybridized carbons (Fsp3) is 0.375. The number of furan rings is 1. The Bertz CT molecular complexity index is 703. The van der Waals surface area contributed by atoms with Crippen molar-refractivity contribution in [2.75, 3.05) is 12.4 Å². The molecule has 1 unspecified atom stereocenters. The lowest BCUT2D eigenvalue weighted by Crippen LogP contribution is -2.22. The maximum atomic E-state index is 12.2. The van der Waals surface area contributed by atoms with E-state index in [1.807, 2.05) is 0 Å². The third kappa shape index (κ3) is 2.66. The Morgan fingerprint density at radius 3 is 2.86 bits per heavy atom. The Balaban J connectivity index is 1.96. The van der Waals surface area contributed by atoms with Crippen molar-refractivity contribution in [2.45, 2.75) is 26.2 Å². The van der Waals surface area contributed by atoms with Crippen LogP contribution in [-0.2, 0) is 12.8 Å². The minimum Gasteiger partial charge on any atom is -0.459 e. The van der Waals surface area contributed by atoms with Gasteiger partial charge in [0.1, 0.15) is 5.00 Å². The Hall–Kier alpha value is -2.08. The van der Waals surface area contributed by atoms with Gasteiger partial charge in [-0.25, -0.2) is 0 Å². The number of amides is 2. The van der Waals surface area contributed by atoms with Crippen molar-refractivity contribution >= 4 is 28.2 Å². The summed E-state index contributed by atoms with van der Waals surface area (Å²) in [7, 11) is 1.61. The van der Waals surface area contributed by atoms with E-state index in [1.54, 1.807) is 19.2 Å². The summed E-state index contributed by atoms with van der Waals surface area (Å²) in [4.78, 5) is 25.6. The van der Waals surface area contributed by atoms with Crippen molar-refractivity contribution in [1.29, 1.82) is 0 Å². The Morgan fingerprint density at radius 1 is 1.36 bits per heavy atom. The topological polar surface area (TPSA) is 71.3 Å². The van der Waals surface area contributed by atoms with E-state index in [0.717, 1.165) is 24.8 Å². The molecule has 2 aromatic heterocycles. The predicted octanol–water partition coefficient (Wildman–Crippen LogP) is 3.08. The first kappa shape index (κ1) is 14.8. The molecule has 0 bridgehead atoms. The van der Waals surface area contributed by atoms with Crippen LogP contribution in [0.5, 0.6) is 0 Å². The molecule has 3 rings (SSSR count). The Labute approximate surface area is 132 Å². The number of carbonyl (C=O) groups excluding carboxylic acids is 2. The van der Waals surface area contributed by atoms with Crippen molar-refractivity contribution in [2.24, 2.45) is 5.92 Å². The van der Waals surface area contributed by atoms with Gasteiger partial charge in [-0.3, -0.25) is 9.59 Å². The minimum absolute atomic E-state index is 0.151. The second-order valence-electron chi connectivity index (χ2n) is 5.57. The van der Waals surface area contributed by atoms with Crippen LogP contribution in [0.3, 0.4) is 0 Å². The van der Waals surface area contributed by atoms with E-state index in [9.17, 15) is 9.59 Å². The van der Waals surface area contributed by atoms with Crippen molar-refractivity contribution in [3.63, 3.8) is 0 Å². The summed E-state index contributed by atoms with van der Waals surface area (Å²) in [5.41, 5.74) is 1.69. The highest BCUT2D eigenvalue weighted by Crippen LogP contribution is 2.39. The zero-order chi connectivity index (χ0) is 15.7. The highest BCUT2D eigenvalue weighted by atomic mass is 32.1.